The summed E-state index contributed by atoms with van der Waals surface area (Å²) in [6, 6.07) is 11.8. The summed E-state index contributed by atoms with van der Waals surface area (Å²) in [7, 11) is 1.66. The summed E-state index contributed by atoms with van der Waals surface area (Å²) in [4.78, 5) is 25.0. The third kappa shape index (κ3) is 4.75. The highest BCUT2D eigenvalue weighted by Crippen LogP contribution is 2.28. The molecular formula is C23H27N3O3. The molecule has 0 unspecified atom stereocenters. The highest BCUT2D eigenvalue weighted by atomic mass is 16.6. The first-order valence-electron chi connectivity index (χ1n) is 10.3. The van der Waals surface area contributed by atoms with E-state index in [-0.39, 0.29) is 17.9 Å². The third-order valence-electron chi connectivity index (χ3n) is 5.68. The Morgan fingerprint density at radius 3 is 2.86 bits per heavy atom. The van der Waals surface area contributed by atoms with E-state index in [1.807, 2.05) is 41.3 Å². The lowest BCUT2D eigenvalue weighted by Gasteiger charge is -2.27. The Labute approximate surface area is 171 Å². The number of methoxy groups -OCH3 is 1. The number of carbonyl (C=O) groups excluding carboxylic acids is 1. The number of rotatable bonds is 7. The average Bonchev–Trinajstić information content (AvgIpc) is 3.46. The van der Waals surface area contributed by atoms with Gasteiger partial charge in [0.15, 0.2) is 6.10 Å². The molecule has 1 aliphatic heterocycles. The second-order valence-corrected chi connectivity index (χ2v) is 7.76. The number of oxime groups is 1. The molecule has 1 aliphatic carbocycles. The molecule has 0 bridgehead atoms. The number of aromatic nitrogens is 1. The van der Waals surface area contributed by atoms with Crippen LogP contribution in [0, 0.1) is 5.92 Å². The first kappa shape index (κ1) is 19.4. The van der Waals surface area contributed by atoms with E-state index in [4.69, 9.17) is 9.57 Å². The lowest BCUT2D eigenvalue weighted by Crippen LogP contribution is -2.40. The van der Waals surface area contributed by atoms with E-state index in [1.165, 1.54) is 0 Å². The van der Waals surface area contributed by atoms with Crippen molar-refractivity contribution in [3.63, 3.8) is 0 Å². The fraction of sp³-hybridized carbons (Fsp3) is 0.435. The normalized spacial score (nSPS) is 18.9. The van der Waals surface area contributed by atoms with Crippen molar-refractivity contribution in [2.24, 2.45) is 11.1 Å². The first-order valence-corrected chi connectivity index (χ1v) is 10.3. The van der Waals surface area contributed by atoms with Crippen molar-refractivity contribution in [3.8, 4) is 5.75 Å². The molecular weight excluding hydrogens is 366 g/mol. The van der Waals surface area contributed by atoms with Crippen LogP contribution >= 0.6 is 0 Å². The van der Waals surface area contributed by atoms with Gasteiger partial charge in [0.2, 0.25) is 5.91 Å². The summed E-state index contributed by atoms with van der Waals surface area (Å²) < 4.78 is 5.34. The molecule has 6 nitrogen and oxygen atoms in total. The van der Waals surface area contributed by atoms with Crippen LogP contribution < -0.4 is 4.74 Å². The van der Waals surface area contributed by atoms with Gasteiger partial charge in [0.05, 0.1) is 19.4 Å². The second kappa shape index (κ2) is 9.07. The molecule has 1 aromatic carbocycles. The predicted octanol–water partition coefficient (Wildman–Crippen LogP) is 3.80. The maximum Gasteiger partial charge on any atom is 0.226 e. The predicted molar refractivity (Wildman–Crippen MR) is 111 cm³/mol. The molecule has 152 valence electrons. The number of carbonyl (C=O) groups is 1. The van der Waals surface area contributed by atoms with Crippen LogP contribution in [0.3, 0.4) is 0 Å². The molecule has 6 heteroatoms. The summed E-state index contributed by atoms with van der Waals surface area (Å²) >= 11 is 0. The van der Waals surface area contributed by atoms with Crippen molar-refractivity contribution in [2.45, 2.75) is 44.8 Å². The van der Waals surface area contributed by atoms with Crippen LogP contribution in [0.1, 0.15) is 43.2 Å². The van der Waals surface area contributed by atoms with E-state index in [9.17, 15) is 4.79 Å². The zero-order chi connectivity index (χ0) is 20.1. The molecule has 0 radical (unpaired) electrons. The van der Waals surface area contributed by atoms with E-state index >= 15 is 0 Å². The SMILES string of the molecule is COc1cccc(CN(C[C@@H]2CC(c3cccnc3)=NO2)C(=O)C2CCCC2)c1. The summed E-state index contributed by atoms with van der Waals surface area (Å²) in [5.41, 5.74) is 2.91. The maximum atomic E-state index is 13.2. The summed E-state index contributed by atoms with van der Waals surface area (Å²) in [5.74, 6) is 1.15. The molecule has 1 saturated carbocycles. The lowest BCUT2D eigenvalue weighted by atomic mass is 10.0. The number of nitrogens with zero attached hydrogens (tertiary/aromatic N) is 3. The minimum atomic E-state index is -0.138. The highest BCUT2D eigenvalue weighted by molar-refractivity contribution is 6.01. The minimum absolute atomic E-state index is 0.126. The number of pyridine rings is 1. The van der Waals surface area contributed by atoms with Gasteiger partial charge in [-0.3, -0.25) is 9.78 Å². The van der Waals surface area contributed by atoms with Crippen molar-refractivity contribution < 1.29 is 14.4 Å². The largest absolute Gasteiger partial charge is 0.497 e. The third-order valence-corrected chi connectivity index (χ3v) is 5.68. The van der Waals surface area contributed by atoms with Crippen LogP contribution in [0.4, 0.5) is 0 Å². The molecule has 0 spiro atoms. The topological polar surface area (TPSA) is 64.0 Å². The fourth-order valence-electron chi connectivity index (χ4n) is 4.13. The molecule has 0 N–H and O–H groups in total. The van der Waals surface area contributed by atoms with E-state index in [0.717, 1.165) is 48.3 Å². The molecule has 1 aromatic heterocycles. The van der Waals surface area contributed by atoms with Crippen molar-refractivity contribution in [1.29, 1.82) is 0 Å². The van der Waals surface area contributed by atoms with Gasteiger partial charge in [-0.15, -0.1) is 0 Å². The standard InChI is InChI=1S/C23H27N3O3/c1-28-20-10-4-6-17(12-20)15-26(23(27)18-7-2-3-8-18)16-21-13-22(25-29-21)19-9-5-11-24-14-19/h4-6,9-12,14,18,21H,2-3,7-8,13,15-16H2,1H3/t21-/m0/s1. The van der Waals surface area contributed by atoms with Crippen LogP contribution in [-0.2, 0) is 16.2 Å². The smallest absolute Gasteiger partial charge is 0.226 e. The van der Waals surface area contributed by atoms with Crippen LogP contribution in [0.5, 0.6) is 5.75 Å². The fourth-order valence-corrected chi connectivity index (χ4v) is 4.13. The lowest BCUT2D eigenvalue weighted by molar-refractivity contribution is -0.137. The molecule has 1 fully saturated rings. The van der Waals surface area contributed by atoms with Crippen LogP contribution in [0.25, 0.3) is 0 Å². The Morgan fingerprint density at radius 1 is 1.24 bits per heavy atom. The number of ether oxygens (including phenoxy) is 1. The van der Waals surface area contributed by atoms with Gasteiger partial charge < -0.3 is 14.5 Å². The zero-order valence-electron chi connectivity index (χ0n) is 16.8. The quantitative estimate of drug-likeness (QED) is 0.718. The Kier molecular flexibility index (Phi) is 6.08. The molecule has 4 rings (SSSR count). The van der Waals surface area contributed by atoms with Crippen LogP contribution in [0.15, 0.2) is 53.9 Å². The molecule has 1 atom stereocenters. The first-order chi connectivity index (χ1) is 14.2. The number of hydrogen-bond donors (Lipinski definition) is 0. The summed E-state index contributed by atoms with van der Waals surface area (Å²) in [6.45, 7) is 1.08. The van der Waals surface area contributed by atoms with Gasteiger partial charge in [0.1, 0.15) is 5.75 Å². The van der Waals surface area contributed by atoms with E-state index in [0.29, 0.717) is 19.5 Å². The van der Waals surface area contributed by atoms with Crippen molar-refractivity contribution >= 4 is 11.6 Å². The van der Waals surface area contributed by atoms with Crippen molar-refractivity contribution in [2.75, 3.05) is 13.7 Å². The van der Waals surface area contributed by atoms with Crippen molar-refractivity contribution in [3.05, 3.63) is 59.9 Å². The van der Waals surface area contributed by atoms with E-state index < -0.39 is 0 Å². The van der Waals surface area contributed by atoms with Crippen molar-refractivity contribution in [1.82, 2.24) is 9.88 Å². The average molecular weight is 393 g/mol. The van der Waals surface area contributed by atoms with E-state index in [1.54, 1.807) is 19.5 Å². The minimum Gasteiger partial charge on any atom is -0.497 e. The van der Waals surface area contributed by atoms with Gasteiger partial charge in [0.25, 0.3) is 0 Å². The van der Waals surface area contributed by atoms with Gasteiger partial charge in [-0.1, -0.05) is 30.1 Å². The monoisotopic (exact) mass is 393 g/mol. The second-order valence-electron chi connectivity index (χ2n) is 7.76. The zero-order valence-corrected chi connectivity index (χ0v) is 16.8. The number of benzene rings is 1. The van der Waals surface area contributed by atoms with Gasteiger partial charge in [-0.25, -0.2) is 0 Å². The summed E-state index contributed by atoms with van der Waals surface area (Å²) in [5, 5.41) is 4.25. The van der Waals surface area contributed by atoms with Crippen LogP contribution in [0.2, 0.25) is 0 Å². The molecule has 0 saturated heterocycles. The number of hydrogen-bond acceptors (Lipinski definition) is 5. The van der Waals surface area contributed by atoms with Gasteiger partial charge in [-0.2, -0.15) is 0 Å². The van der Waals surface area contributed by atoms with Gasteiger partial charge >= 0.3 is 0 Å². The van der Waals surface area contributed by atoms with E-state index in [2.05, 4.69) is 10.1 Å². The Balaban J connectivity index is 1.46. The Bertz CT molecular complexity index is 863. The molecule has 2 heterocycles. The van der Waals surface area contributed by atoms with Crippen LogP contribution in [-0.4, -0.2) is 41.3 Å². The van der Waals surface area contributed by atoms with Gasteiger partial charge in [-0.05, 0) is 42.7 Å². The Morgan fingerprint density at radius 2 is 2.10 bits per heavy atom. The molecule has 2 aliphatic rings. The molecule has 2 aromatic rings. The Hall–Kier alpha value is -2.89. The maximum absolute atomic E-state index is 13.2. The highest BCUT2D eigenvalue weighted by Gasteiger charge is 2.31. The van der Waals surface area contributed by atoms with Gasteiger partial charge in [0, 0.05) is 36.8 Å². The number of amides is 1. The molecule has 1 amide bonds. The molecule has 29 heavy (non-hydrogen) atoms. The summed E-state index contributed by atoms with van der Waals surface area (Å²) in [6.07, 6.45) is 8.32.